The zero-order chi connectivity index (χ0) is 13.2. The maximum Gasteiger partial charge on any atom is 0.0604 e. The third kappa shape index (κ3) is 4.25. The number of nitrogens with two attached hydrogens (primary N) is 1. The van der Waals surface area contributed by atoms with Crippen molar-refractivity contribution in [1.82, 2.24) is 0 Å². The molecule has 17 heavy (non-hydrogen) atoms. The lowest BCUT2D eigenvalue weighted by Gasteiger charge is -2.26. The van der Waals surface area contributed by atoms with E-state index >= 15 is 0 Å². The molecule has 1 aromatic rings. The molecule has 0 bridgehead atoms. The third-order valence-electron chi connectivity index (χ3n) is 2.60. The molecular formula is C12H17Cl2NOS. The van der Waals surface area contributed by atoms with Crippen LogP contribution in [0.1, 0.15) is 20.8 Å². The van der Waals surface area contributed by atoms with Crippen LogP contribution in [0.4, 0.5) is 0 Å². The summed E-state index contributed by atoms with van der Waals surface area (Å²) < 4.78 is 12.1. The van der Waals surface area contributed by atoms with E-state index in [-0.39, 0.29) is 11.5 Å². The van der Waals surface area contributed by atoms with Crippen molar-refractivity contribution >= 4 is 34.0 Å². The smallest absolute Gasteiger partial charge is 0.0604 e. The van der Waals surface area contributed by atoms with Gasteiger partial charge in [-0.25, -0.2) is 0 Å². The predicted molar refractivity (Wildman–Crippen MR) is 75.2 cm³/mol. The first-order valence-corrected chi connectivity index (χ1v) is 7.38. The van der Waals surface area contributed by atoms with Gasteiger partial charge in [0.25, 0.3) is 0 Å². The molecular weight excluding hydrogens is 277 g/mol. The fourth-order valence-electron chi connectivity index (χ4n) is 1.13. The normalized spacial score (nSPS) is 15.6. The number of benzene rings is 1. The SMILES string of the molecule is CC(C)(C)C(N)CS(=O)c1ccc(Cl)c(Cl)c1. The Bertz CT molecular complexity index is 429. The Kier molecular flexibility index (Phi) is 5.02. The molecule has 0 spiro atoms. The van der Waals surface area contributed by atoms with Gasteiger partial charge >= 0.3 is 0 Å². The van der Waals surface area contributed by atoms with E-state index in [0.29, 0.717) is 20.7 Å². The summed E-state index contributed by atoms with van der Waals surface area (Å²) in [7, 11) is -1.15. The minimum atomic E-state index is -1.15. The minimum absolute atomic E-state index is 0.0636. The van der Waals surface area contributed by atoms with Crippen molar-refractivity contribution in [2.24, 2.45) is 11.1 Å². The quantitative estimate of drug-likeness (QED) is 0.927. The van der Waals surface area contributed by atoms with E-state index in [1.54, 1.807) is 18.2 Å². The molecule has 0 saturated carbocycles. The number of hydrogen-bond acceptors (Lipinski definition) is 2. The van der Waals surface area contributed by atoms with Gasteiger partial charge in [0.2, 0.25) is 0 Å². The predicted octanol–water partition coefficient (Wildman–Crippen LogP) is 3.47. The van der Waals surface area contributed by atoms with Gasteiger partial charge in [0, 0.05) is 16.7 Å². The molecule has 1 aromatic carbocycles. The summed E-state index contributed by atoms with van der Waals surface area (Å²) >= 11 is 11.7. The fraction of sp³-hybridized carbons (Fsp3) is 0.500. The van der Waals surface area contributed by atoms with E-state index in [9.17, 15) is 4.21 Å². The molecule has 0 heterocycles. The first kappa shape index (κ1) is 15.0. The fourth-order valence-corrected chi connectivity index (χ4v) is 2.98. The zero-order valence-corrected chi connectivity index (χ0v) is 12.5. The molecule has 0 aliphatic rings. The van der Waals surface area contributed by atoms with E-state index in [1.807, 2.05) is 20.8 Å². The van der Waals surface area contributed by atoms with Crippen molar-refractivity contribution in [3.63, 3.8) is 0 Å². The molecule has 96 valence electrons. The molecule has 5 heteroatoms. The topological polar surface area (TPSA) is 43.1 Å². The van der Waals surface area contributed by atoms with Crippen LogP contribution in [-0.4, -0.2) is 16.0 Å². The highest BCUT2D eigenvalue weighted by atomic mass is 35.5. The van der Waals surface area contributed by atoms with E-state index in [4.69, 9.17) is 28.9 Å². The number of hydrogen-bond donors (Lipinski definition) is 1. The second kappa shape index (κ2) is 5.70. The van der Waals surface area contributed by atoms with Crippen molar-refractivity contribution in [2.75, 3.05) is 5.75 Å². The summed E-state index contributed by atoms with van der Waals surface area (Å²) in [6, 6.07) is 4.88. The average Bonchev–Trinajstić information content (AvgIpc) is 2.20. The van der Waals surface area contributed by atoms with Crippen LogP contribution in [0.5, 0.6) is 0 Å². The Labute approximate surface area is 115 Å². The van der Waals surface area contributed by atoms with Gasteiger partial charge in [0.15, 0.2) is 0 Å². The zero-order valence-electron chi connectivity index (χ0n) is 10.2. The van der Waals surface area contributed by atoms with Crippen molar-refractivity contribution < 1.29 is 4.21 Å². The summed E-state index contributed by atoms with van der Waals surface area (Å²) in [5.41, 5.74) is 5.94. The standard InChI is InChI=1S/C12H17Cl2NOS/c1-12(2,3)11(15)7-17(16)8-4-5-9(13)10(14)6-8/h4-6,11H,7,15H2,1-3H3. The molecule has 2 N–H and O–H groups in total. The van der Waals surface area contributed by atoms with Gasteiger partial charge in [-0.2, -0.15) is 0 Å². The minimum Gasteiger partial charge on any atom is -0.326 e. The van der Waals surface area contributed by atoms with Gasteiger partial charge in [-0.05, 0) is 23.6 Å². The molecule has 2 nitrogen and oxygen atoms in total. The first-order chi connectivity index (χ1) is 7.71. The molecule has 2 atom stereocenters. The van der Waals surface area contributed by atoms with Gasteiger partial charge in [-0.3, -0.25) is 4.21 Å². The summed E-state index contributed by atoms with van der Waals surface area (Å²) in [5.74, 6) is 0.418. The van der Waals surface area contributed by atoms with Crippen LogP contribution in [0.2, 0.25) is 10.0 Å². The average molecular weight is 294 g/mol. The second-order valence-electron chi connectivity index (χ2n) is 5.06. The van der Waals surface area contributed by atoms with Crippen molar-refractivity contribution in [3.05, 3.63) is 28.2 Å². The number of rotatable bonds is 3. The third-order valence-corrected chi connectivity index (χ3v) is 4.78. The maximum atomic E-state index is 12.1. The largest absolute Gasteiger partial charge is 0.326 e. The van der Waals surface area contributed by atoms with Crippen molar-refractivity contribution in [3.8, 4) is 0 Å². The molecule has 0 fully saturated rings. The Morgan fingerprint density at radius 3 is 2.35 bits per heavy atom. The summed E-state index contributed by atoms with van der Waals surface area (Å²) in [5, 5.41) is 0.884. The molecule has 0 aromatic heterocycles. The van der Waals surface area contributed by atoms with Gasteiger partial charge in [-0.15, -0.1) is 0 Å². The molecule has 2 unspecified atom stereocenters. The van der Waals surface area contributed by atoms with Gasteiger partial charge < -0.3 is 5.73 Å². The van der Waals surface area contributed by atoms with Crippen LogP contribution in [-0.2, 0) is 10.8 Å². The highest BCUT2D eigenvalue weighted by Crippen LogP contribution is 2.25. The Hall–Kier alpha value is -0.0900. The lowest BCUT2D eigenvalue weighted by atomic mass is 9.89. The van der Waals surface area contributed by atoms with Crippen LogP contribution in [0.3, 0.4) is 0 Å². The van der Waals surface area contributed by atoms with E-state index in [1.165, 1.54) is 0 Å². The van der Waals surface area contributed by atoms with E-state index < -0.39 is 10.8 Å². The Balaban J connectivity index is 2.80. The molecule has 0 amide bonds. The highest BCUT2D eigenvalue weighted by molar-refractivity contribution is 7.85. The van der Waals surface area contributed by atoms with E-state index in [2.05, 4.69) is 0 Å². The van der Waals surface area contributed by atoms with Gasteiger partial charge in [0.1, 0.15) is 0 Å². The molecule has 1 rings (SSSR count). The monoisotopic (exact) mass is 293 g/mol. The Morgan fingerprint density at radius 1 is 1.29 bits per heavy atom. The molecule has 0 radical (unpaired) electrons. The van der Waals surface area contributed by atoms with Crippen LogP contribution in [0, 0.1) is 5.41 Å². The van der Waals surface area contributed by atoms with Crippen LogP contribution < -0.4 is 5.73 Å². The summed E-state index contributed by atoms with van der Waals surface area (Å²) in [6.07, 6.45) is 0. The summed E-state index contributed by atoms with van der Waals surface area (Å²) in [6.45, 7) is 6.09. The van der Waals surface area contributed by atoms with E-state index in [0.717, 1.165) is 0 Å². The lowest BCUT2D eigenvalue weighted by molar-refractivity contribution is 0.342. The van der Waals surface area contributed by atoms with Gasteiger partial charge in [0.05, 0.1) is 20.8 Å². The van der Waals surface area contributed by atoms with Gasteiger partial charge in [-0.1, -0.05) is 44.0 Å². The molecule has 0 saturated heterocycles. The highest BCUT2D eigenvalue weighted by Gasteiger charge is 2.23. The van der Waals surface area contributed by atoms with Crippen LogP contribution in [0.25, 0.3) is 0 Å². The maximum absolute atomic E-state index is 12.1. The lowest BCUT2D eigenvalue weighted by Crippen LogP contribution is -2.39. The van der Waals surface area contributed by atoms with Crippen LogP contribution >= 0.6 is 23.2 Å². The van der Waals surface area contributed by atoms with Crippen LogP contribution in [0.15, 0.2) is 23.1 Å². The second-order valence-corrected chi connectivity index (χ2v) is 7.37. The Morgan fingerprint density at radius 2 is 1.88 bits per heavy atom. The number of halogens is 2. The summed E-state index contributed by atoms with van der Waals surface area (Å²) in [4.78, 5) is 0.666. The molecule has 0 aliphatic carbocycles. The van der Waals surface area contributed by atoms with Crippen molar-refractivity contribution in [1.29, 1.82) is 0 Å². The molecule has 0 aliphatic heterocycles. The van der Waals surface area contributed by atoms with Crippen molar-refractivity contribution in [2.45, 2.75) is 31.7 Å². The first-order valence-electron chi connectivity index (χ1n) is 5.31.